The van der Waals surface area contributed by atoms with Crippen molar-refractivity contribution in [3.05, 3.63) is 47.7 Å². The summed E-state index contributed by atoms with van der Waals surface area (Å²) in [6.45, 7) is 0. The zero-order chi connectivity index (χ0) is 13.8. The molecular weight excluding hydrogens is 249 g/mol. The maximum absolute atomic E-state index is 12.9. The number of methoxy groups -OCH3 is 1. The summed E-state index contributed by atoms with van der Waals surface area (Å²) in [7, 11) is 1.21. The highest BCUT2D eigenvalue weighted by Gasteiger charge is 2.14. The van der Waals surface area contributed by atoms with Gasteiger partial charge in [0, 0.05) is 11.8 Å². The third-order valence-electron chi connectivity index (χ3n) is 2.39. The van der Waals surface area contributed by atoms with Crippen molar-refractivity contribution >= 4 is 5.97 Å². The maximum Gasteiger partial charge on any atom is 0.376 e. The maximum atomic E-state index is 12.9. The normalized spacial score (nSPS) is 9.74. The van der Waals surface area contributed by atoms with Gasteiger partial charge in [-0.1, -0.05) is 0 Å². The SMILES string of the molecule is COC(=O)c1ncc(C#N)c(-c2ccc(F)cc2)n1. The topological polar surface area (TPSA) is 75.9 Å². The molecule has 0 bridgehead atoms. The van der Waals surface area contributed by atoms with Crippen LogP contribution in [0.3, 0.4) is 0 Å². The number of nitriles is 1. The summed E-state index contributed by atoms with van der Waals surface area (Å²) in [4.78, 5) is 19.1. The second-order valence-corrected chi connectivity index (χ2v) is 3.57. The quantitative estimate of drug-likeness (QED) is 0.768. The minimum absolute atomic E-state index is 0.152. The minimum atomic E-state index is -0.701. The molecule has 1 heterocycles. The molecule has 0 radical (unpaired) electrons. The first kappa shape index (κ1) is 12.6. The summed E-state index contributed by atoms with van der Waals surface area (Å²) < 4.78 is 17.4. The van der Waals surface area contributed by atoms with E-state index in [1.54, 1.807) is 0 Å². The van der Waals surface area contributed by atoms with Crippen molar-refractivity contribution < 1.29 is 13.9 Å². The van der Waals surface area contributed by atoms with Crippen LogP contribution in [0.2, 0.25) is 0 Å². The molecule has 0 aliphatic carbocycles. The van der Waals surface area contributed by atoms with Gasteiger partial charge in [0.1, 0.15) is 11.9 Å². The number of rotatable bonds is 2. The fourth-order valence-electron chi connectivity index (χ4n) is 1.48. The molecule has 5 nitrogen and oxygen atoms in total. The van der Waals surface area contributed by atoms with Gasteiger partial charge >= 0.3 is 5.97 Å². The Bertz CT molecular complexity index is 663. The smallest absolute Gasteiger partial charge is 0.376 e. The van der Waals surface area contributed by atoms with E-state index >= 15 is 0 Å². The first-order valence-electron chi connectivity index (χ1n) is 5.27. The van der Waals surface area contributed by atoms with E-state index in [1.807, 2.05) is 6.07 Å². The lowest BCUT2D eigenvalue weighted by Gasteiger charge is -2.05. The molecule has 2 aromatic rings. The molecule has 0 unspecified atom stereocenters. The zero-order valence-electron chi connectivity index (χ0n) is 9.92. The van der Waals surface area contributed by atoms with Gasteiger partial charge in [0.15, 0.2) is 0 Å². The van der Waals surface area contributed by atoms with Gasteiger partial charge in [0.2, 0.25) is 5.82 Å². The number of carbonyl (C=O) groups is 1. The monoisotopic (exact) mass is 257 g/mol. The number of benzene rings is 1. The van der Waals surface area contributed by atoms with E-state index in [4.69, 9.17) is 5.26 Å². The number of ether oxygens (including phenoxy) is 1. The van der Waals surface area contributed by atoms with Crippen molar-refractivity contribution in [2.75, 3.05) is 7.11 Å². The van der Waals surface area contributed by atoms with Gasteiger partial charge < -0.3 is 4.74 Å². The highest BCUT2D eigenvalue weighted by molar-refractivity contribution is 5.86. The van der Waals surface area contributed by atoms with E-state index in [0.29, 0.717) is 5.56 Å². The molecule has 0 saturated carbocycles. The zero-order valence-corrected chi connectivity index (χ0v) is 9.92. The van der Waals surface area contributed by atoms with Crippen LogP contribution < -0.4 is 0 Å². The van der Waals surface area contributed by atoms with Gasteiger partial charge in [-0.2, -0.15) is 5.26 Å². The molecule has 0 aliphatic heterocycles. The molecule has 0 aliphatic rings. The van der Waals surface area contributed by atoms with Gasteiger partial charge in [-0.3, -0.25) is 0 Å². The predicted octanol–water partition coefficient (Wildman–Crippen LogP) is 1.94. The summed E-state index contributed by atoms with van der Waals surface area (Å²) >= 11 is 0. The standard InChI is InChI=1S/C13H8FN3O2/c1-19-13(18)12-16-7-9(6-15)11(17-12)8-2-4-10(14)5-3-8/h2-5,7H,1H3. The molecule has 0 N–H and O–H groups in total. The van der Waals surface area contributed by atoms with Crippen LogP contribution in [-0.4, -0.2) is 23.0 Å². The van der Waals surface area contributed by atoms with Crippen LogP contribution in [0.25, 0.3) is 11.3 Å². The molecule has 6 heteroatoms. The molecule has 0 spiro atoms. The lowest BCUT2D eigenvalue weighted by molar-refractivity contribution is 0.0587. The number of carbonyl (C=O) groups excluding carboxylic acids is 1. The molecule has 2 rings (SSSR count). The molecule has 0 amide bonds. The molecule has 1 aromatic carbocycles. The van der Waals surface area contributed by atoms with Crippen molar-refractivity contribution in [1.29, 1.82) is 5.26 Å². The van der Waals surface area contributed by atoms with E-state index in [-0.39, 0.29) is 17.1 Å². The summed E-state index contributed by atoms with van der Waals surface area (Å²) in [6.07, 6.45) is 1.23. The second kappa shape index (κ2) is 5.23. The van der Waals surface area contributed by atoms with E-state index in [0.717, 1.165) is 0 Å². The Morgan fingerprint density at radius 2 is 2.05 bits per heavy atom. The van der Waals surface area contributed by atoms with Crippen molar-refractivity contribution in [3.8, 4) is 17.3 Å². The molecule has 0 fully saturated rings. The molecule has 1 aromatic heterocycles. The van der Waals surface area contributed by atoms with Crippen LogP contribution in [0.1, 0.15) is 16.2 Å². The predicted molar refractivity (Wildman–Crippen MR) is 63.5 cm³/mol. The summed E-state index contributed by atoms with van der Waals surface area (Å²) in [5.74, 6) is -1.25. The van der Waals surface area contributed by atoms with E-state index in [9.17, 15) is 9.18 Å². The average Bonchev–Trinajstić information content (AvgIpc) is 2.46. The number of halogens is 1. The Kier molecular flexibility index (Phi) is 3.48. The Morgan fingerprint density at radius 1 is 1.37 bits per heavy atom. The Hall–Kier alpha value is -2.81. The van der Waals surface area contributed by atoms with Crippen molar-refractivity contribution in [1.82, 2.24) is 9.97 Å². The van der Waals surface area contributed by atoms with Crippen LogP contribution in [-0.2, 0) is 4.74 Å². The first-order valence-corrected chi connectivity index (χ1v) is 5.27. The van der Waals surface area contributed by atoms with Crippen LogP contribution >= 0.6 is 0 Å². The van der Waals surface area contributed by atoms with Crippen LogP contribution in [0.5, 0.6) is 0 Å². The van der Waals surface area contributed by atoms with Crippen LogP contribution in [0, 0.1) is 17.1 Å². The highest BCUT2D eigenvalue weighted by atomic mass is 19.1. The molecule has 19 heavy (non-hydrogen) atoms. The number of esters is 1. The lowest BCUT2D eigenvalue weighted by Crippen LogP contribution is -2.08. The number of aromatic nitrogens is 2. The van der Waals surface area contributed by atoms with E-state index < -0.39 is 11.8 Å². The second-order valence-electron chi connectivity index (χ2n) is 3.57. The fourth-order valence-corrected chi connectivity index (χ4v) is 1.48. The number of hydrogen-bond donors (Lipinski definition) is 0. The van der Waals surface area contributed by atoms with Crippen molar-refractivity contribution in [3.63, 3.8) is 0 Å². The summed E-state index contributed by atoms with van der Waals surface area (Å²) in [6, 6.07) is 7.36. The fraction of sp³-hybridized carbons (Fsp3) is 0.0769. The largest absolute Gasteiger partial charge is 0.463 e. The van der Waals surface area contributed by atoms with Gasteiger partial charge in [-0.15, -0.1) is 0 Å². The van der Waals surface area contributed by atoms with E-state index in [2.05, 4.69) is 14.7 Å². The lowest BCUT2D eigenvalue weighted by atomic mass is 10.1. The van der Waals surface area contributed by atoms with Gasteiger partial charge in [0.05, 0.1) is 18.4 Å². The number of hydrogen-bond acceptors (Lipinski definition) is 5. The van der Waals surface area contributed by atoms with Gasteiger partial charge in [-0.25, -0.2) is 19.2 Å². The molecule has 0 atom stereocenters. The van der Waals surface area contributed by atoms with Gasteiger partial charge in [0.25, 0.3) is 0 Å². The Balaban J connectivity index is 2.57. The van der Waals surface area contributed by atoms with Crippen molar-refractivity contribution in [2.24, 2.45) is 0 Å². The Labute approximate surface area is 108 Å². The third kappa shape index (κ3) is 2.55. The molecular formula is C13H8FN3O2. The van der Waals surface area contributed by atoms with E-state index in [1.165, 1.54) is 37.6 Å². The minimum Gasteiger partial charge on any atom is -0.463 e. The molecule has 0 saturated heterocycles. The Morgan fingerprint density at radius 3 is 2.63 bits per heavy atom. The van der Waals surface area contributed by atoms with Crippen LogP contribution in [0.4, 0.5) is 4.39 Å². The first-order chi connectivity index (χ1) is 9.15. The average molecular weight is 257 g/mol. The van der Waals surface area contributed by atoms with Crippen LogP contribution in [0.15, 0.2) is 30.5 Å². The highest BCUT2D eigenvalue weighted by Crippen LogP contribution is 2.21. The number of nitrogens with zero attached hydrogens (tertiary/aromatic N) is 3. The van der Waals surface area contributed by atoms with Gasteiger partial charge in [-0.05, 0) is 24.3 Å². The molecule has 94 valence electrons. The van der Waals surface area contributed by atoms with Crippen molar-refractivity contribution in [2.45, 2.75) is 0 Å². The third-order valence-corrected chi connectivity index (χ3v) is 2.39. The summed E-state index contributed by atoms with van der Waals surface area (Å²) in [5, 5.41) is 9.00. The summed E-state index contributed by atoms with van der Waals surface area (Å²) in [5.41, 5.74) is 0.975.